The first-order chi connectivity index (χ1) is 8.25. The van der Waals surface area contributed by atoms with E-state index in [9.17, 15) is 4.79 Å². The number of hydrogen-bond donors (Lipinski definition) is 0. The van der Waals surface area contributed by atoms with E-state index < -0.39 is 0 Å². The SMILES string of the molecule is O=C(CCCn1cc(I)cn1)c1ccccc1. The van der Waals surface area contributed by atoms with Crippen LogP contribution in [0.3, 0.4) is 0 Å². The van der Waals surface area contributed by atoms with E-state index in [-0.39, 0.29) is 5.78 Å². The Hall–Kier alpha value is -1.17. The first-order valence-corrected chi connectivity index (χ1v) is 6.60. The molecule has 0 unspecified atom stereocenters. The average Bonchev–Trinajstić information content (AvgIpc) is 2.76. The zero-order chi connectivity index (χ0) is 12.1. The van der Waals surface area contributed by atoms with Gasteiger partial charge in [-0.3, -0.25) is 9.48 Å². The van der Waals surface area contributed by atoms with E-state index >= 15 is 0 Å². The summed E-state index contributed by atoms with van der Waals surface area (Å²) in [6.45, 7) is 0.793. The number of halogens is 1. The monoisotopic (exact) mass is 340 g/mol. The van der Waals surface area contributed by atoms with Crippen molar-refractivity contribution in [1.82, 2.24) is 9.78 Å². The maximum absolute atomic E-state index is 11.8. The van der Waals surface area contributed by atoms with Gasteiger partial charge < -0.3 is 0 Å². The van der Waals surface area contributed by atoms with E-state index in [0.29, 0.717) is 6.42 Å². The van der Waals surface area contributed by atoms with Gasteiger partial charge in [0.15, 0.2) is 5.78 Å². The molecule has 0 aliphatic rings. The third kappa shape index (κ3) is 3.66. The molecule has 17 heavy (non-hydrogen) atoms. The summed E-state index contributed by atoms with van der Waals surface area (Å²) in [5, 5.41) is 4.18. The van der Waals surface area contributed by atoms with Crippen LogP contribution in [0.4, 0.5) is 0 Å². The topological polar surface area (TPSA) is 34.9 Å². The Labute approximate surface area is 114 Å². The molecule has 0 saturated heterocycles. The van der Waals surface area contributed by atoms with Crippen LogP contribution < -0.4 is 0 Å². The van der Waals surface area contributed by atoms with Crippen molar-refractivity contribution >= 4 is 28.4 Å². The number of aryl methyl sites for hydroxylation is 1. The van der Waals surface area contributed by atoms with E-state index in [1.807, 2.05) is 47.4 Å². The van der Waals surface area contributed by atoms with Crippen LogP contribution in [0.2, 0.25) is 0 Å². The van der Waals surface area contributed by atoms with Crippen LogP contribution in [0.1, 0.15) is 23.2 Å². The second-order valence-corrected chi connectivity index (χ2v) is 5.06. The van der Waals surface area contributed by atoms with Crippen molar-refractivity contribution in [2.45, 2.75) is 19.4 Å². The average molecular weight is 340 g/mol. The van der Waals surface area contributed by atoms with Crippen LogP contribution in [0, 0.1) is 3.57 Å². The molecule has 2 aromatic rings. The number of carbonyl (C=O) groups is 1. The lowest BCUT2D eigenvalue weighted by atomic mass is 10.1. The third-order valence-electron chi connectivity index (χ3n) is 2.49. The standard InChI is InChI=1S/C13H13IN2O/c14-12-9-15-16(10-12)8-4-7-13(17)11-5-2-1-3-6-11/h1-3,5-6,9-10H,4,7-8H2. The van der Waals surface area contributed by atoms with Crippen molar-refractivity contribution in [2.24, 2.45) is 0 Å². The lowest BCUT2D eigenvalue weighted by Gasteiger charge is -2.01. The van der Waals surface area contributed by atoms with Crippen molar-refractivity contribution < 1.29 is 4.79 Å². The largest absolute Gasteiger partial charge is 0.294 e. The molecule has 4 heteroatoms. The number of benzene rings is 1. The van der Waals surface area contributed by atoms with Gasteiger partial charge in [0.05, 0.1) is 9.77 Å². The molecule has 0 spiro atoms. The molecule has 0 amide bonds. The van der Waals surface area contributed by atoms with Gasteiger partial charge in [0.25, 0.3) is 0 Å². The number of hydrogen-bond acceptors (Lipinski definition) is 2. The molecule has 0 N–H and O–H groups in total. The Morgan fingerprint density at radius 1 is 1.29 bits per heavy atom. The van der Waals surface area contributed by atoms with E-state index in [0.717, 1.165) is 22.1 Å². The van der Waals surface area contributed by atoms with E-state index in [2.05, 4.69) is 27.7 Å². The summed E-state index contributed by atoms with van der Waals surface area (Å²) in [5.41, 5.74) is 0.794. The molecule has 0 aliphatic carbocycles. The van der Waals surface area contributed by atoms with Gasteiger partial charge in [0.1, 0.15) is 0 Å². The molecular formula is C13H13IN2O. The lowest BCUT2D eigenvalue weighted by Crippen LogP contribution is -2.03. The number of carbonyl (C=O) groups excluding carboxylic acids is 1. The minimum absolute atomic E-state index is 0.201. The van der Waals surface area contributed by atoms with Crippen LogP contribution in [-0.4, -0.2) is 15.6 Å². The van der Waals surface area contributed by atoms with E-state index in [1.165, 1.54) is 0 Å². The molecule has 0 fully saturated rings. The fourth-order valence-electron chi connectivity index (χ4n) is 1.63. The molecule has 0 bridgehead atoms. The first kappa shape index (κ1) is 12.3. The van der Waals surface area contributed by atoms with Crippen LogP contribution in [-0.2, 0) is 6.54 Å². The van der Waals surface area contributed by atoms with Gasteiger partial charge in [-0.15, -0.1) is 0 Å². The maximum atomic E-state index is 11.8. The van der Waals surface area contributed by atoms with E-state index in [1.54, 1.807) is 0 Å². The fourth-order valence-corrected chi connectivity index (χ4v) is 2.08. The summed E-state index contributed by atoms with van der Waals surface area (Å²) < 4.78 is 3.00. The van der Waals surface area contributed by atoms with Crippen molar-refractivity contribution in [3.63, 3.8) is 0 Å². The fraction of sp³-hybridized carbons (Fsp3) is 0.231. The summed E-state index contributed by atoms with van der Waals surface area (Å²) in [5.74, 6) is 0.201. The van der Waals surface area contributed by atoms with E-state index in [4.69, 9.17) is 0 Å². The summed E-state index contributed by atoms with van der Waals surface area (Å²) in [6, 6.07) is 9.42. The molecule has 0 aliphatic heterocycles. The second-order valence-electron chi connectivity index (χ2n) is 3.81. The molecule has 1 aromatic heterocycles. The maximum Gasteiger partial charge on any atom is 0.162 e. The highest BCUT2D eigenvalue weighted by Crippen LogP contribution is 2.07. The molecule has 0 radical (unpaired) electrons. The van der Waals surface area contributed by atoms with Gasteiger partial charge in [0, 0.05) is 24.7 Å². The Kier molecular flexibility index (Phi) is 4.30. The first-order valence-electron chi connectivity index (χ1n) is 5.52. The summed E-state index contributed by atoms with van der Waals surface area (Å²) in [6.07, 6.45) is 5.19. The molecule has 3 nitrogen and oxygen atoms in total. The van der Waals surface area contributed by atoms with Crippen LogP contribution in [0.15, 0.2) is 42.7 Å². The number of aromatic nitrogens is 2. The zero-order valence-electron chi connectivity index (χ0n) is 9.34. The van der Waals surface area contributed by atoms with Gasteiger partial charge in [-0.25, -0.2) is 0 Å². The summed E-state index contributed by atoms with van der Waals surface area (Å²) in [4.78, 5) is 11.8. The van der Waals surface area contributed by atoms with Gasteiger partial charge in [-0.05, 0) is 29.0 Å². The van der Waals surface area contributed by atoms with Gasteiger partial charge >= 0.3 is 0 Å². The Bertz CT molecular complexity index is 493. The molecule has 0 saturated carbocycles. The smallest absolute Gasteiger partial charge is 0.162 e. The second kappa shape index (κ2) is 5.95. The van der Waals surface area contributed by atoms with Crippen molar-refractivity contribution in [1.29, 1.82) is 0 Å². The van der Waals surface area contributed by atoms with Crippen LogP contribution in [0.25, 0.3) is 0 Å². The zero-order valence-corrected chi connectivity index (χ0v) is 11.5. The number of Topliss-reactive ketones (excluding diaryl/α,β-unsaturated/α-hetero) is 1. The molecule has 1 heterocycles. The summed E-state index contributed by atoms with van der Waals surface area (Å²) >= 11 is 2.22. The van der Waals surface area contributed by atoms with Crippen LogP contribution >= 0.6 is 22.6 Å². The van der Waals surface area contributed by atoms with Gasteiger partial charge in [-0.1, -0.05) is 30.3 Å². The quantitative estimate of drug-likeness (QED) is 0.619. The van der Waals surface area contributed by atoms with Crippen LogP contribution in [0.5, 0.6) is 0 Å². The molecule has 2 rings (SSSR count). The highest BCUT2D eigenvalue weighted by Gasteiger charge is 2.04. The third-order valence-corrected chi connectivity index (χ3v) is 3.05. The lowest BCUT2D eigenvalue weighted by molar-refractivity contribution is 0.0978. The highest BCUT2D eigenvalue weighted by molar-refractivity contribution is 14.1. The van der Waals surface area contributed by atoms with Crippen molar-refractivity contribution in [3.8, 4) is 0 Å². The van der Waals surface area contributed by atoms with Gasteiger partial charge in [0.2, 0.25) is 0 Å². The summed E-state index contributed by atoms with van der Waals surface area (Å²) in [7, 11) is 0. The minimum Gasteiger partial charge on any atom is -0.294 e. The highest BCUT2D eigenvalue weighted by atomic mass is 127. The predicted octanol–water partition coefficient (Wildman–Crippen LogP) is 3.15. The number of nitrogens with zero attached hydrogens (tertiary/aromatic N) is 2. The molecule has 0 atom stereocenters. The molecule has 88 valence electrons. The van der Waals surface area contributed by atoms with Gasteiger partial charge in [-0.2, -0.15) is 5.10 Å². The Balaban J connectivity index is 1.81. The van der Waals surface area contributed by atoms with Crippen molar-refractivity contribution in [3.05, 3.63) is 51.9 Å². The molecular weight excluding hydrogens is 327 g/mol. The number of rotatable bonds is 5. The Morgan fingerprint density at radius 3 is 2.71 bits per heavy atom. The van der Waals surface area contributed by atoms with Crippen molar-refractivity contribution in [2.75, 3.05) is 0 Å². The molecule has 1 aromatic carbocycles. The predicted molar refractivity (Wildman–Crippen MR) is 75.0 cm³/mol. The normalized spacial score (nSPS) is 10.4. The Morgan fingerprint density at radius 2 is 2.06 bits per heavy atom. The number of ketones is 1. The minimum atomic E-state index is 0.201.